The third-order valence-corrected chi connectivity index (χ3v) is 6.34. The molecule has 4 aromatic rings. The van der Waals surface area contributed by atoms with E-state index in [1.165, 1.54) is 0 Å². The van der Waals surface area contributed by atoms with Crippen LogP contribution in [0.3, 0.4) is 0 Å². The van der Waals surface area contributed by atoms with Crippen LogP contribution in [-0.2, 0) is 6.54 Å². The second-order valence-corrected chi connectivity index (χ2v) is 8.71. The molecule has 1 fully saturated rings. The first kappa shape index (κ1) is 21.8. The number of likely N-dealkylation sites (tertiary alicyclic amines) is 1. The van der Waals surface area contributed by atoms with Crippen molar-refractivity contribution in [3.63, 3.8) is 0 Å². The van der Waals surface area contributed by atoms with Gasteiger partial charge in [-0.1, -0.05) is 30.3 Å². The molecular weight excluding hydrogens is 426 g/mol. The fraction of sp³-hybridized carbons (Fsp3) is 0.259. The summed E-state index contributed by atoms with van der Waals surface area (Å²) >= 11 is 0. The highest BCUT2D eigenvalue weighted by Gasteiger charge is 2.30. The minimum absolute atomic E-state index is 0.0394. The zero-order chi connectivity index (χ0) is 23.5. The molecular formula is C27H27N5O2. The summed E-state index contributed by atoms with van der Waals surface area (Å²) in [6, 6.07) is 20.8. The molecule has 0 spiro atoms. The summed E-state index contributed by atoms with van der Waals surface area (Å²) in [6.45, 7) is 1.72. The monoisotopic (exact) mass is 453 g/mol. The van der Waals surface area contributed by atoms with Crippen molar-refractivity contribution in [2.45, 2.75) is 25.3 Å². The molecule has 7 heteroatoms. The van der Waals surface area contributed by atoms with E-state index in [4.69, 9.17) is 4.98 Å². The zero-order valence-corrected chi connectivity index (χ0v) is 19.2. The van der Waals surface area contributed by atoms with Crippen LogP contribution in [0, 0.1) is 0 Å². The molecule has 4 heterocycles. The number of rotatable bonds is 5. The summed E-state index contributed by atoms with van der Waals surface area (Å²) in [5, 5.41) is 0. The topological polar surface area (TPSA) is 70.8 Å². The Hall–Kier alpha value is -4.00. The molecule has 1 unspecified atom stereocenters. The van der Waals surface area contributed by atoms with Crippen LogP contribution < -0.4 is 0 Å². The van der Waals surface area contributed by atoms with Crippen LogP contribution in [0.5, 0.6) is 0 Å². The Morgan fingerprint density at radius 3 is 2.62 bits per heavy atom. The van der Waals surface area contributed by atoms with Gasteiger partial charge < -0.3 is 14.2 Å². The number of piperidine rings is 1. The Bertz CT molecular complexity index is 1300. The van der Waals surface area contributed by atoms with Gasteiger partial charge in [0.05, 0.1) is 17.8 Å². The number of hydrogen-bond acceptors (Lipinski definition) is 4. The molecule has 1 saturated heterocycles. The van der Waals surface area contributed by atoms with E-state index < -0.39 is 0 Å². The van der Waals surface area contributed by atoms with E-state index in [2.05, 4.69) is 4.98 Å². The number of benzene rings is 1. The maximum absolute atomic E-state index is 13.4. The number of hydrogen-bond donors (Lipinski definition) is 0. The lowest BCUT2D eigenvalue weighted by Crippen LogP contribution is -2.39. The van der Waals surface area contributed by atoms with Crippen molar-refractivity contribution in [1.82, 2.24) is 24.2 Å². The maximum atomic E-state index is 13.4. The van der Waals surface area contributed by atoms with E-state index in [-0.39, 0.29) is 17.7 Å². The molecule has 0 N–H and O–H groups in total. The standard InChI is InChI=1S/C27H27N5O2/c1-30(19-22-13-5-7-15-28-22)27(34)24-23-14-6-8-17-32(23)25(29-24)21-12-9-16-31(18-21)26(33)20-10-3-2-4-11-20/h2-8,10-11,13-15,17,21H,9,12,16,18-19H2,1H3. The fourth-order valence-electron chi connectivity index (χ4n) is 4.63. The molecule has 1 aromatic carbocycles. The minimum atomic E-state index is -0.145. The average Bonchev–Trinajstić information content (AvgIpc) is 3.29. The molecule has 5 rings (SSSR count). The van der Waals surface area contributed by atoms with Crippen molar-refractivity contribution in [2.75, 3.05) is 20.1 Å². The Morgan fingerprint density at radius 1 is 1.03 bits per heavy atom. The zero-order valence-electron chi connectivity index (χ0n) is 19.2. The lowest BCUT2D eigenvalue weighted by molar-refractivity contribution is 0.0702. The highest BCUT2D eigenvalue weighted by atomic mass is 16.2. The summed E-state index contributed by atoms with van der Waals surface area (Å²) in [6.07, 6.45) is 5.49. The van der Waals surface area contributed by atoms with E-state index in [0.29, 0.717) is 24.3 Å². The molecule has 7 nitrogen and oxygen atoms in total. The summed E-state index contributed by atoms with van der Waals surface area (Å²) in [7, 11) is 1.77. The van der Waals surface area contributed by atoms with Crippen molar-refractivity contribution in [2.24, 2.45) is 0 Å². The van der Waals surface area contributed by atoms with Gasteiger partial charge in [-0.2, -0.15) is 0 Å². The quantitative estimate of drug-likeness (QED) is 0.458. The second-order valence-electron chi connectivity index (χ2n) is 8.71. The molecule has 3 aromatic heterocycles. The van der Waals surface area contributed by atoms with Gasteiger partial charge in [-0.05, 0) is 49.2 Å². The third-order valence-electron chi connectivity index (χ3n) is 6.34. The Morgan fingerprint density at radius 2 is 1.82 bits per heavy atom. The van der Waals surface area contributed by atoms with Gasteiger partial charge in [0, 0.05) is 44.0 Å². The average molecular weight is 454 g/mol. The Kier molecular flexibility index (Phi) is 6.08. The predicted molar refractivity (Wildman–Crippen MR) is 130 cm³/mol. The van der Waals surface area contributed by atoms with Crippen LogP contribution in [0.25, 0.3) is 5.52 Å². The van der Waals surface area contributed by atoms with Crippen LogP contribution in [-0.4, -0.2) is 56.1 Å². The lowest BCUT2D eigenvalue weighted by Gasteiger charge is -2.32. The van der Waals surface area contributed by atoms with Crippen molar-refractivity contribution in [1.29, 1.82) is 0 Å². The first-order valence-corrected chi connectivity index (χ1v) is 11.6. The van der Waals surface area contributed by atoms with Gasteiger partial charge in [0.25, 0.3) is 11.8 Å². The van der Waals surface area contributed by atoms with Gasteiger partial charge in [0.1, 0.15) is 5.82 Å². The van der Waals surface area contributed by atoms with Crippen molar-refractivity contribution in [3.8, 4) is 0 Å². The third kappa shape index (κ3) is 4.29. The minimum Gasteiger partial charge on any atom is -0.338 e. The SMILES string of the molecule is CN(Cc1ccccn1)C(=O)c1nc(C2CCCN(C(=O)c3ccccc3)C2)n2ccccc12. The molecule has 0 radical (unpaired) electrons. The molecule has 34 heavy (non-hydrogen) atoms. The smallest absolute Gasteiger partial charge is 0.274 e. The highest BCUT2D eigenvalue weighted by Crippen LogP contribution is 2.29. The van der Waals surface area contributed by atoms with Gasteiger partial charge in [-0.25, -0.2) is 4.98 Å². The van der Waals surface area contributed by atoms with Crippen LogP contribution >= 0.6 is 0 Å². The number of aromatic nitrogens is 3. The van der Waals surface area contributed by atoms with Crippen LogP contribution in [0.4, 0.5) is 0 Å². The fourth-order valence-corrected chi connectivity index (χ4v) is 4.63. The number of nitrogens with zero attached hydrogens (tertiary/aromatic N) is 5. The number of carbonyl (C=O) groups excluding carboxylic acids is 2. The summed E-state index contributed by atoms with van der Waals surface area (Å²) in [5.74, 6) is 0.779. The molecule has 0 bridgehead atoms. The molecule has 0 saturated carbocycles. The normalized spacial score (nSPS) is 15.9. The largest absolute Gasteiger partial charge is 0.338 e. The van der Waals surface area contributed by atoms with E-state index >= 15 is 0 Å². The van der Waals surface area contributed by atoms with E-state index in [9.17, 15) is 9.59 Å². The second kappa shape index (κ2) is 9.47. The number of imidazole rings is 1. The van der Waals surface area contributed by atoms with E-state index in [1.807, 2.05) is 82.2 Å². The lowest BCUT2D eigenvalue weighted by atomic mass is 9.96. The van der Waals surface area contributed by atoms with Gasteiger partial charge in [0.15, 0.2) is 5.69 Å². The van der Waals surface area contributed by atoms with Crippen molar-refractivity contribution in [3.05, 3.63) is 102 Å². The van der Waals surface area contributed by atoms with Gasteiger partial charge in [0.2, 0.25) is 0 Å². The van der Waals surface area contributed by atoms with E-state index in [0.717, 1.165) is 36.4 Å². The van der Waals surface area contributed by atoms with Crippen molar-refractivity contribution >= 4 is 17.3 Å². The summed E-state index contributed by atoms with van der Waals surface area (Å²) < 4.78 is 2.00. The molecule has 2 amide bonds. The number of amides is 2. The number of fused-ring (bicyclic) bond motifs is 1. The van der Waals surface area contributed by atoms with Crippen LogP contribution in [0.1, 0.15) is 51.1 Å². The molecule has 0 aliphatic carbocycles. The predicted octanol–water partition coefficient (Wildman–Crippen LogP) is 4.02. The van der Waals surface area contributed by atoms with Crippen LogP contribution in [0.15, 0.2) is 79.1 Å². The Balaban J connectivity index is 1.42. The maximum Gasteiger partial charge on any atom is 0.274 e. The van der Waals surface area contributed by atoms with Gasteiger partial charge >= 0.3 is 0 Å². The van der Waals surface area contributed by atoms with Gasteiger partial charge in [-0.15, -0.1) is 0 Å². The van der Waals surface area contributed by atoms with Crippen molar-refractivity contribution < 1.29 is 9.59 Å². The van der Waals surface area contributed by atoms with Crippen LogP contribution in [0.2, 0.25) is 0 Å². The van der Waals surface area contributed by atoms with Gasteiger partial charge in [-0.3, -0.25) is 14.6 Å². The Labute approximate surface area is 198 Å². The highest BCUT2D eigenvalue weighted by molar-refractivity contribution is 5.99. The summed E-state index contributed by atoms with van der Waals surface area (Å²) in [4.78, 5) is 39.2. The molecule has 172 valence electrons. The number of pyridine rings is 2. The summed E-state index contributed by atoms with van der Waals surface area (Å²) in [5.41, 5.74) is 2.73. The first-order chi connectivity index (χ1) is 16.6. The first-order valence-electron chi connectivity index (χ1n) is 11.6. The molecule has 1 atom stereocenters. The molecule has 1 aliphatic heterocycles. The molecule has 1 aliphatic rings. The van der Waals surface area contributed by atoms with E-state index in [1.54, 1.807) is 18.1 Å². The number of carbonyl (C=O) groups is 2.